The van der Waals surface area contributed by atoms with Crippen LogP contribution >= 0.6 is 0 Å². The highest BCUT2D eigenvalue weighted by Crippen LogP contribution is 2.30. The molecule has 3 aromatic rings. The lowest BCUT2D eigenvalue weighted by Gasteiger charge is -2.34. The molecule has 2 aromatic heterocycles. The first kappa shape index (κ1) is 19.0. The molecule has 0 aliphatic carbocycles. The van der Waals surface area contributed by atoms with Crippen LogP contribution in [-0.4, -0.2) is 40.1 Å². The second kappa shape index (κ2) is 8.36. The lowest BCUT2D eigenvalue weighted by Crippen LogP contribution is -2.35. The summed E-state index contributed by atoms with van der Waals surface area (Å²) >= 11 is 0. The molecule has 1 aliphatic heterocycles. The number of carbonyl (C=O) groups is 1. The monoisotopic (exact) mass is 387 g/mol. The van der Waals surface area contributed by atoms with Gasteiger partial charge in [-0.25, -0.2) is 9.97 Å². The van der Waals surface area contributed by atoms with Crippen molar-refractivity contribution in [2.75, 3.05) is 24.5 Å². The molecule has 1 amide bonds. The average Bonchev–Trinajstić information content (AvgIpc) is 3.16. The number of rotatable bonds is 5. The third-order valence-corrected chi connectivity index (χ3v) is 5.50. The SMILES string of the molecule is C#CCNC(=O)c1ccc(N2CCC(n3c(CC)nc4ccccc43)CC2)nc1. The molecule has 1 aliphatic rings. The molecular formula is C23H25N5O. The summed E-state index contributed by atoms with van der Waals surface area (Å²) in [7, 11) is 0. The molecule has 1 aromatic carbocycles. The Labute approximate surface area is 171 Å². The summed E-state index contributed by atoms with van der Waals surface area (Å²) < 4.78 is 2.43. The zero-order valence-corrected chi connectivity index (χ0v) is 16.6. The number of amides is 1. The summed E-state index contributed by atoms with van der Waals surface area (Å²) in [4.78, 5) is 23.6. The number of benzene rings is 1. The van der Waals surface area contributed by atoms with E-state index >= 15 is 0 Å². The second-order valence-corrected chi connectivity index (χ2v) is 7.25. The van der Waals surface area contributed by atoms with Gasteiger partial charge in [0.05, 0.1) is 23.1 Å². The molecule has 0 unspecified atom stereocenters. The van der Waals surface area contributed by atoms with Crippen molar-refractivity contribution in [1.29, 1.82) is 0 Å². The van der Waals surface area contributed by atoms with Crippen LogP contribution in [0.15, 0.2) is 42.6 Å². The fraction of sp³-hybridized carbons (Fsp3) is 0.348. The van der Waals surface area contributed by atoms with Gasteiger partial charge >= 0.3 is 0 Å². The minimum atomic E-state index is -0.195. The molecule has 0 spiro atoms. The summed E-state index contributed by atoms with van der Waals surface area (Å²) in [6.07, 6.45) is 9.81. The van der Waals surface area contributed by atoms with E-state index in [2.05, 4.69) is 50.8 Å². The Kier molecular flexibility index (Phi) is 5.48. The van der Waals surface area contributed by atoms with Gasteiger partial charge in [-0.3, -0.25) is 4.79 Å². The zero-order valence-electron chi connectivity index (χ0n) is 16.6. The number of hydrogen-bond donors (Lipinski definition) is 1. The predicted octanol–water partition coefficient (Wildman–Crippen LogP) is 3.20. The van der Waals surface area contributed by atoms with E-state index in [1.54, 1.807) is 12.3 Å². The van der Waals surface area contributed by atoms with E-state index in [4.69, 9.17) is 11.4 Å². The smallest absolute Gasteiger partial charge is 0.253 e. The first-order valence-electron chi connectivity index (χ1n) is 10.1. The van der Waals surface area contributed by atoms with Gasteiger partial charge in [-0.05, 0) is 37.1 Å². The van der Waals surface area contributed by atoms with Gasteiger partial charge in [0, 0.05) is 31.7 Å². The number of hydrogen-bond acceptors (Lipinski definition) is 4. The van der Waals surface area contributed by atoms with E-state index < -0.39 is 0 Å². The first-order chi connectivity index (χ1) is 14.2. The molecule has 6 nitrogen and oxygen atoms in total. The molecule has 148 valence electrons. The van der Waals surface area contributed by atoms with Crippen LogP contribution in [0.1, 0.15) is 42.0 Å². The minimum absolute atomic E-state index is 0.195. The van der Waals surface area contributed by atoms with Crippen molar-refractivity contribution >= 4 is 22.8 Å². The van der Waals surface area contributed by atoms with E-state index in [9.17, 15) is 4.79 Å². The standard InChI is InChI=1S/C23H25N5O/c1-3-13-24-23(29)17-9-10-22(25-16-17)27-14-11-18(12-15-27)28-20-8-6-5-7-19(20)26-21(28)4-2/h1,5-10,16,18H,4,11-15H2,2H3,(H,24,29). The van der Waals surface area contributed by atoms with Gasteiger partial charge in [-0.2, -0.15) is 0 Å². The highest BCUT2D eigenvalue weighted by Gasteiger charge is 2.24. The number of fused-ring (bicyclic) bond motifs is 1. The molecule has 0 atom stereocenters. The third-order valence-electron chi connectivity index (χ3n) is 5.50. The van der Waals surface area contributed by atoms with Crippen LogP contribution in [0.5, 0.6) is 0 Å². The minimum Gasteiger partial charge on any atom is -0.356 e. The fourth-order valence-electron chi connectivity index (χ4n) is 4.05. The van der Waals surface area contributed by atoms with Gasteiger partial charge in [-0.15, -0.1) is 6.42 Å². The summed E-state index contributed by atoms with van der Waals surface area (Å²) in [5.74, 6) is 4.27. The van der Waals surface area contributed by atoms with Crippen molar-refractivity contribution in [3.63, 3.8) is 0 Å². The summed E-state index contributed by atoms with van der Waals surface area (Å²) in [5.41, 5.74) is 2.83. The number of anilines is 1. The quantitative estimate of drug-likeness (QED) is 0.683. The number of para-hydroxylation sites is 2. The molecule has 1 fully saturated rings. The Morgan fingerprint density at radius 1 is 1.24 bits per heavy atom. The number of nitrogens with one attached hydrogen (secondary N) is 1. The summed E-state index contributed by atoms with van der Waals surface area (Å²) in [5, 5.41) is 2.66. The molecule has 0 saturated carbocycles. The molecule has 4 rings (SSSR count). The van der Waals surface area contributed by atoms with Crippen LogP contribution in [0.2, 0.25) is 0 Å². The van der Waals surface area contributed by atoms with E-state index in [-0.39, 0.29) is 12.5 Å². The molecule has 1 saturated heterocycles. The van der Waals surface area contributed by atoms with E-state index in [0.717, 1.165) is 49.5 Å². The van der Waals surface area contributed by atoms with Crippen molar-refractivity contribution in [3.8, 4) is 12.3 Å². The first-order valence-corrected chi connectivity index (χ1v) is 10.1. The molecule has 6 heteroatoms. The Bertz CT molecular complexity index is 1040. The van der Waals surface area contributed by atoms with Crippen molar-refractivity contribution in [1.82, 2.24) is 19.9 Å². The van der Waals surface area contributed by atoms with Crippen LogP contribution in [0.3, 0.4) is 0 Å². The number of piperidine rings is 1. The van der Waals surface area contributed by atoms with Crippen LogP contribution < -0.4 is 10.2 Å². The van der Waals surface area contributed by atoms with Crippen molar-refractivity contribution in [2.45, 2.75) is 32.2 Å². The predicted molar refractivity (Wildman–Crippen MR) is 115 cm³/mol. The Morgan fingerprint density at radius 3 is 2.72 bits per heavy atom. The maximum atomic E-state index is 12.0. The van der Waals surface area contributed by atoms with Gasteiger partial charge in [0.2, 0.25) is 0 Å². The maximum absolute atomic E-state index is 12.0. The molecule has 3 heterocycles. The van der Waals surface area contributed by atoms with Gasteiger partial charge in [0.25, 0.3) is 5.91 Å². The highest BCUT2D eigenvalue weighted by atomic mass is 16.1. The Balaban J connectivity index is 1.45. The van der Waals surface area contributed by atoms with Crippen LogP contribution in [-0.2, 0) is 6.42 Å². The van der Waals surface area contributed by atoms with Crippen molar-refractivity contribution in [2.24, 2.45) is 0 Å². The van der Waals surface area contributed by atoms with Gasteiger partial charge in [0.15, 0.2) is 0 Å². The third kappa shape index (κ3) is 3.81. The van der Waals surface area contributed by atoms with Crippen molar-refractivity contribution < 1.29 is 4.79 Å². The van der Waals surface area contributed by atoms with Gasteiger partial charge < -0.3 is 14.8 Å². The largest absolute Gasteiger partial charge is 0.356 e. The topological polar surface area (TPSA) is 63.1 Å². The molecular weight excluding hydrogens is 362 g/mol. The number of aryl methyl sites for hydroxylation is 1. The second-order valence-electron chi connectivity index (χ2n) is 7.25. The Morgan fingerprint density at radius 2 is 2.03 bits per heavy atom. The maximum Gasteiger partial charge on any atom is 0.253 e. The zero-order chi connectivity index (χ0) is 20.2. The number of imidazole rings is 1. The van der Waals surface area contributed by atoms with Gasteiger partial charge in [-0.1, -0.05) is 25.0 Å². The van der Waals surface area contributed by atoms with Crippen molar-refractivity contribution in [3.05, 3.63) is 54.0 Å². The summed E-state index contributed by atoms with van der Waals surface area (Å²) in [6, 6.07) is 12.5. The molecule has 0 radical (unpaired) electrons. The van der Waals surface area contributed by atoms with Crippen LogP contribution in [0.4, 0.5) is 5.82 Å². The molecule has 0 bridgehead atoms. The summed E-state index contributed by atoms with van der Waals surface area (Å²) in [6.45, 7) is 4.24. The highest BCUT2D eigenvalue weighted by molar-refractivity contribution is 5.94. The molecule has 29 heavy (non-hydrogen) atoms. The Hall–Kier alpha value is -3.33. The number of nitrogens with zero attached hydrogens (tertiary/aromatic N) is 4. The normalized spacial score (nSPS) is 14.7. The van der Waals surface area contributed by atoms with Gasteiger partial charge in [0.1, 0.15) is 11.6 Å². The van der Waals surface area contributed by atoms with E-state index in [1.807, 2.05) is 12.1 Å². The average molecular weight is 387 g/mol. The lowest BCUT2D eigenvalue weighted by molar-refractivity contribution is 0.0958. The van der Waals surface area contributed by atoms with Crippen LogP contribution in [0.25, 0.3) is 11.0 Å². The number of terminal acetylenes is 1. The lowest BCUT2D eigenvalue weighted by atomic mass is 10.0. The number of carbonyl (C=O) groups excluding carboxylic acids is 1. The molecule has 1 N–H and O–H groups in total. The van der Waals surface area contributed by atoms with E-state index in [0.29, 0.717) is 11.6 Å². The number of aromatic nitrogens is 3. The van der Waals surface area contributed by atoms with Crippen LogP contribution in [0, 0.1) is 12.3 Å². The van der Waals surface area contributed by atoms with E-state index in [1.165, 1.54) is 5.52 Å². The number of pyridine rings is 1. The fourth-order valence-corrected chi connectivity index (χ4v) is 4.05.